The number of Topliss-reactive ketones (excluding diaryl/α,β-unsaturated/α-hetero) is 1. The number of ether oxygens (including phenoxy) is 2. The molecule has 8 heteroatoms. The first-order valence-electron chi connectivity index (χ1n) is 12.2. The Morgan fingerprint density at radius 2 is 1.76 bits per heavy atom. The molecule has 38 heavy (non-hydrogen) atoms. The van der Waals surface area contributed by atoms with Crippen molar-refractivity contribution in [3.05, 3.63) is 98.4 Å². The van der Waals surface area contributed by atoms with Crippen molar-refractivity contribution >= 4 is 39.9 Å². The van der Waals surface area contributed by atoms with Crippen LogP contribution in [0.2, 0.25) is 5.02 Å². The van der Waals surface area contributed by atoms with Gasteiger partial charge < -0.3 is 13.9 Å². The van der Waals surface area contributed by atoms with Gasteiger partial charge in [0.1, 0.15) is 5.58 Å². The molecule has 0 saturated carbocycles. The average molecular weight is 532 g/mol. The zero-order chi connectivity index (χ0) is 27.1. The second-order valence-corrected chi connectivity index (χ2v) is 10.0. The Kier molecular flexibility index (Phi) is 6.71. The van der Waals surface area contributed by atoms with Crippen molar-refractivity contribution in [2.75, 3.05) is 18.6 Å². The van der Waals surface area contributed by atoms with Crippen molar-refractivity contribution in [2.45, 2.75) is 26.8 Å². The molecular weight excluding hydrogens is 506 g/mol. The lowest BCUT2D eigenvalue weighted by atomic mass is 9.97. The van der Waals surface area contributed by atoms with Gasteiger partial charge in [-0.1, -0.05) is 31.5 Å². The van der Waals surface area contributed by atoms with Crippen molar-refractivity contribution in [3.63, 3.8) is 0 Å². The molecule has 2 heterocycles. The zero-order valence-electron chi connectivity index (χ0n) is 21.4. The molecule has 0 saturated heterocycles. The maximum Gasteiger partial charge on any atom is 0.295 e. The summed E-state index contributed by atoms with van der Waals surface area (Å²) >= 11 is 6.18. The van der Waals surface area contributed by atoms with Gasteiger partial charge in [-0.15, -0.1) is 0 Å². The number of rotatable bonds is 7. The highest BCUT2D eigenvalue weighted by molar-refractivity contribution is 6.31. The molecule has 1 atom stereocenters. The SMILES string of the molecule is COc1cc(C2c3c(oc4ccc(Cl)cc4c3=O)C(=O)N2c2ccc(C(C)=O)cc2)ccc1OCC(C)C. The predicted octanol–water partition coefficient (Wildman–Crippen LogP) is 6.44. The molecule has 4 aromatic rings. The summed E-state index contributed by atoms with van der Waals surface area (Å²) < 4.78 is 17.5. The number of fused-ring (bicyclic) bond motifs is 2. The number of hydrogen-bond donors (Lipinski definition) is 0. The molecule has 194 valence electrons. The maximum absolute atomic E-state index is 13.8. The van der Waals surface area contributed by atoms with Gasteiger partial charge in [-0.25, -0.2) is 0 Å². The topological polar surface area (TPSA) is 86.0 Å². The van der Waals surface area contributed by atoms with Gasteiger partial charge >= 0.3 is 0 Å². The van der Waals surface area contributed by atoms with Crippen LogP contribution in [-0.2, 0) is 0 Å². The summed E-state index contributed by atoms with van der Waals surface area (Å²) in [5.74, 6) is 0.759. The number of methoxy groups -OCH3 is 1. The fraction of sp³-hybridized carbons (Fsp3) is 0.233. The number of carbonyl (C=O) groups excluding carboxylic acids is 2. The Morgan fingerprint density at radius 3 is 2.42 bits per heavy atom. The van der Waals surface area contributed by atoms with Crippen LogP contribution in [0.4, 0.5) is 5.69 Å². The van der Waals surface area contributed by atoms with Crippen LogP contribution in [0.25, 0.3) is 11.0 Å². The average Bonchev–Trinajstić information content (AvgIpc) is 3.20. The van der Waals surface area contributed by atoms with E-state index in [4.69, 9.17) is 25.5 Å². The fourth-order valence-corrected chi connectivity index (χ4v) is 4.79. The molecule has 0 fully saturated rings. The van der Waals surface area contributed by atoms with E-state index in [2.05, 4.69) is 0 Å². The summed E-state index contributed by atoms with van der Waals surface area (Å²) in [6.07, 6.45) is 0. The standard InChI is InChI=1S/C30H26ClNO6/c1-16(2)15-37-24-11-7-19(13-25(24)36-4)27-26-28(34)22-14-20(31)8-12-23(22)38-29(26)30(35)32(27)21-9-5-18(6-10-21)17(3)33/h5-14,16,27H,15H2,1-4H3. The van der Waals surface area contributed by atoms with Gasteiger partial charge in [-0.3, -0.25) is 19.3 Å². The monoisotopic (exact) mass is 531 g/mol. The number of amides is 1. The van der Waals surface area contributed by atoms with Crippen LogP contribution in [0.3, 0.4) is 0 Å². The molecule has 0 aliphatic carbocycles. The van der Waals surface area contributed by atoms with Crippen molar-refractivity contribution in [2.24, 2.45) is 5.92 Å². The number of hydrogen-bond acceptors (Lipinski definition) is 6. The smallest absolute Gasteiger partial charge is 0.295 e. The minimum atomic E-state index is -0.812. The highest BCUT2D eigenvalue weighted by Gasteiger charge is 2.44. The summed E-state index contributed by atoms with van der Waals surface area (Å²) in [4.78, 5) is 41.0. The minimum Gasteiger partial charge on any atom is -0.493 e. The Labute approximate surface area is 224 Å². The molecule has 0 bridgehead atoms. The van der Waals surface area contributed by atoms with Crippen LogP contribution in [0.5, 0.6) is 11.5 Å². The lowest BCUT2D eigenvalue weighted by molar-refractivity contribution is 0.0970. The molecule has 1 aromatic heterocycles. The molecule has 0 radical (unpaired) electrons. The summed E-state index contributed by atoms with van der Waals surface area (Å²) in [5, 5.41) is 0.669. The third-order valence-corrected chi connectivity index (χ3v) is 6.69. The first-order chi connectivity index (χ1) is 18.2. The van der Waals surface area contributed by atoms with Crippen LogP contribution in [0.15, 0.2) is 69.9 Å². The van der Waals surface area contributed by atoms with E-state index in [1.54, 1.807) is 48.5 Å². The van der Waals surface area contributed by atoms with E-state index in [9.17, 15) is 14.4 Å². The molecular formula is C30H26ClNO6. The van der Waals surface area contributed by atoms with E-state index in [1.807, 2.05) is 19.9 Å². The number of ketones is 1. The highest BCUT2D eigenvalue weighted by Crippen LogP contribution is 2.43. The van der Waals surface area contributed by atoms with Gasteiger partial charge in [0, 0.05) is 16.3 Å². The van der Waals surface area contributed by atoms with E-state index in [0.717, 1.165) is 0 Å². The summed E-state index contributed by atoms with van der Waals surface area (Å²) in [6.45, 7) is 6.08. The molecule has 1 amide bonds. The Balaban J connectivity index is 1.72. The Bertz CT molecular complexity index is 1620. The van der Waals surface area contributed by atoms with Crippen molar-refractivity contribution < 1.29 is 23.5 Å². The quantitative estimate of drug-likeness (QED) is 0.255. The molecule has 0 N–H and O–H groups in total. The van der Waals surface area contributed by atoms with Gasteiger partial charge in [-0.2, -0.15) is 0 Å². The lowest BCUT2D eigenvalue weighted by Crippen LogP contribution is -2.29. The van der Waals surface area contributed by atoms with Gasteiger partial charge in [-0.05, 0) is 73.0 Å². The first kappa shape index (κ1) is 25.5. The van der Waals surface area contributed by atoms with E-state index in [0.29, 0.717) is 45.9 Å². The number of carbonyl (C=O) groups is 2. The molecule has 1 unspecified atom stereocenters. The van der Waals surface area contributed by atoms with Crippen LogP contribution in [-0.4, -0.2) is 25.4 Å². The first-order valence-corrected chi connectivity index (χ1v) is 12.6. The van der Waals surface area contributed by atoms with E-state index in [1.165, 1.54) is 25.0 Å². The van der Waals surface area contributed by atoms with Crippen molar-refractivity contribution in [3.8, 4) is 11.5 Å². The van der Waals surface area contributed by atoms with E-state index < -0.39 is 11.9 Å². The zero-order valence-corrected chi connectivity index (χ0v) is 22.2. The number of benzene rings is 3. The second-order valence-electron chi connectivity index (χ2n) is 9.61. The van der Waals surface area contributed by atoms with Crippen LogP contribution in [0.1, 0.15) is 58.9 Å². The van der Waals surface area contributed by atoms with E-state index in [-0.39, 0.29) is 33.5 Å². The number of nitrogens with zero attached hydrogens (tertiary/aromatic N) is 1. The second kappa shape index (κ2) is 9.99. The summed E-state index contributed by atoms with van der Waals surface area (Å²) in [7, 11) is 1.54. The van der Waals surface area contributed by atoms with Gasteiger partial charge in [0.05, 0.1) is 30.7 Å². The lowest BCUT2D eigenvalue weighted by Gasteiger charge is -2.26. The number of halogens is 1. The predicted molar refractivity (Wildman–Crippen MR) is 146 cm³/mol. The molecule has 0 spiro atoms. The van der Waals surface area contributed by atoms with Crippen LogP contribution < -0.4 is 19.8 Å². The van der Waals surface area contributed by atoms with Gasteiger partial charge in [0.25, 0.3) is 5.91 Å². The Morgan fingerprint density at radius 1 is 1.03 bits per heavy atom. The fourth-order valence-electron chi connectivity index (χ4n) is 4.61. The van der Waals surface area contributed by atoms with Crippen LogP contribution >= 0.6 is 11.6 Å². The van der Waals surface area contributed by atoms with Gasteiger partial charge in [0.2, 0.25) is 5.76 Å². The largest absolute Gasteiger partial charge is 0.493 e. The molecule has 3 aromatic carbocycles. The molecule has 1 aliphatic heterocycles. The van der Waals surface area contributed by atoms with Gasteiger partial charge in [0.15, 0.2) is 22.7 Å². The maximum atomic E-state index is 13.8. The Hall–Kier alpha value is -4.10. The molecule has 5 rings (SSSR count). The normalized spacial score (nSPS) is 14.7. The number of anilines is 1. The summed E-state index contributed by atoms with van der Waals surface area (Å²) in [6, 6.07) is 15.9. The van der Waals surface area contributed by atoms with Crippen molar-refractivity contribution in [1.82, 2.24) is 0 Å². The molecule has 7 nitrogen and oxygen atoms in total. The van der Waals surface area contributed by atoms with Crippen LogP contribution in [0, 0.1) is 5.92 Å². The third-order valence-electron chi connectivity index (χ3n) is 6.46. The summed E-state index contributed by atoms with van der Waals surface area (Å²) in [5.41, 5.74) is 1.79. The highest BCUT2D eigenvalue weighted by atomic mass is 35.5. The minimum absolute atomic E-state index is 0.0374. The van der Waals surface area contributed by atoms with Crippen molar-refractivity contribution in [1.29, 1.82) is 0 Å². The van der Waals surface area contributed by atoms with E-state index >= 15 is 0 Å². The third kappa shape index (κ3) is 4.43. The molecule has 1 aliphatic rings.